The third-order valence-corrected chi connectivity index (χ3v) is 6.12. The molecule has 5 atom stereocenters. The van der Waals surface area contributed by atoms with Crippen molar-refractivity contribution < 1.29 is 38.3 Å². The van der Waals surface area contributed by atoms with Crippen LogP contribution < -0.4 is 18.9 Å². The maximum absolute atomic E-state index is 9.27. The second-order valence-electron chi connectivity index (χ2n) is 7.74. The topological polar surface area (TPSA) is 84.8 Å². The van der Waals surface area contributed by atoms with E-state index in [2.05, 4.69) is 0 Å². The Kier molecular flexibility index (Phi) is 4.45. The number of rotatable bonds is 5. The van der Waals surface area contributed by atoms with Gasteiger partial charge < -0.3 is 38.3 Å². The van der Waals surface area contributed by atoms with E-state index >= 15 is 0 Å². The summed E-state index contributed by atoms with van der Waals surface area (Å²) in [5.74, 6) is 3.00. The van der Waals surface area contributed by atoms with Crippen molar-refractivity contribution in [3.05, 3.63) is 47.5 Å². The molecule has 4 aliphatic heterocycles. The predicted octanol–water partition coefficient (Wildman–Crippen LogP) is 2.55. The molecule has 0 radical (unpaired) electrons. The average molecular weight is 414 g/mol. The first kappa shape index (κ1) is 18.3. The van der Waals surface area contributed by atoms with Crippen LogP contribution in [0.1, 0.15) is 23.3 Å². The lowest BCUT2D eigenvalue weighted by Crippen LogP contribution is -2.26. The van der Waals surface area contributed by atoms with Crippen molar-refractivity contribution in [2.24, 2.45) is 11.8 Å². The molecule has 1 N–H and O–H groups in total. The van der Waals surface area contributed by atoms with Gasteiger partial charge in [-0.1, -0.05) is 12.1 Å². The molecule has 0 saturated carbocycles. The Bertz CT molecular complexity index is 891. The third-order valence-electron chi connectivity index (χ3n) is 6.12. The summed E-state index contributed by atoms with van der Waals surface area (Å²) in [6.45, 7) is 1.14. The van der Waals surface area contributed by atoms with Crippen LogP contribution in [0.5, 0.6) is 23.0 Å². The van der Waals surface area contributed by atoms with Gasteiger partial charge in [0.25, 0.3) is 0 Å². The van der Waals surface area contributed by atoms with Crippen molar-refractivity contribution in [1.82, 2.24) is 0 Å². The van der Waals surface area contributed by atoms with Crippen LogP contribution in [-0.4, -0.2) is 44.8 Å². The minimum Gasteiger partial charge on any atom is -0.454 e. The highest BCUT2D eigenvalue weighted by molar-refractivity contribution is 5.47. The smallest absolute Gasteiger partial charge is 0.231 e. The van der Waals surface area contributed by atoms with Crippen LogP contribution in [0.25, 0.3) is 0 Å². The average Bonchev–Trinajstić information content (AvgIpc) is 3.55. The highest BCUT2D eigenvalue weighted by atomic mass is 16.7. The molecule has 30 heavy (non-hydrogen) atoms. The Labute approximate surface area is 173 Å². The fraction of sp³-hybridized carbons (Fsp3) is 0.455. The van der Waals surface area contributed by atoms with Gasteiger partial charge in [0.05, 0.1) is 32.0 Å². The van der Waals surface area contributed by atoms with Crippen LogP contribution in [0.3, 0.4) is 0 Å². The van der Waals surface area contributed by atoms with Crippen molar-refractivity contribution in [2.45, 2.75) is 18.5 Å². The van der Waals surface area contributed by atoms with Gasteiger partial charge in [-0.2, -0.15) is 0 Å². The monoisotopic (exact) mass is 414 g/mol. The number of aliphatic hydroxyl groups is 1. The highest BCUT2D eigenvalue weighted by Gasteiger charge is 2.54. The minimum absolute atomic E-state index is 0.0210. The van der Waals surface area contributed by atoms with Gasteiger partial charge in [-0.15, -0.1) is 0 Å². The minimum atomic E-state index is -0.490. The first-order valence-electron chi connectivity index (χ1n) is 10.1. The first-order valence-corrected chi connectivity index (χ1v) is 10.1. The van der Waals surface area contributed by atoms with Crippen LogP contribution in [0.15, 0.2) is 36.4 Å². The molecule has 0 spiro atoms. The van der Waals surface area contributed by atoms with E-state index in [1.165, 1.54) is 0 Å². The van der Waals surface area contributed by atoms with E-state index in [1.807, 2.05) is 36.4 Å². The fourth-order valence-electron chi connectivity index (χ4n) is 4.78. The number of aliphatic hydroxyl groups excluding tert-OH is 1. The summed E-state index contributed by atoms with van der Waals surface area (Å²) < 4.78 is 40.4. The van der Waals surface area contributed by atoms with E-state index < -0.39 is 6.29 Å². The highest BCUT2D eigenvalue weighted by Crippen LogP contribution is 2.55. The maximum atomic E-state index is 9.27. The Morgan fingerprint density at radius 3 is 2.13 bits per heavy atom. The lowest BCUT2D eigenvalue weighted by molar-refractivity contribution is -0.172. The first-order chi connectivity index (χ1) is 14.8. The van der Waals surface area contributed by atoms with Gasteiger partial charge in [0, 0.05) is 11.8 Å². The number of hydrogen-bond donors (Lipinski definition) is 1. The summed E-state index contributed by atoms with van der Waals surface area (Å²) in [5, 5.41) is 9.27. The molecular weight excluding hydrogens is 392 g/mol. The number of hydrogen-bond acceptors (Lipinski definition) is 8. The van der Waals surface area contributed by atoms with E-state index in [0.29, 0.717) is 6.61 Å². The van der Waals surface area contributed by atoms with Crippen LogP contribution in [-0.2, 0) is 14.2 Å². The molecule has 2 fully saturated rings. The number of fused-ring (bicyclic) bond motifs is 3. The van der Waals surface area contributed by atoms with Crippen LogP contribution >= 0.6 is 0 Å². The Morgan fingerprint density at radius 2 is 1.47 bits per heavy atom. The molecule has 0 aliphatic carbocycles. The Balaban J connectivity index is 1.31. The molecule has 6 rings (SSSR count). The molecule has 4 heterocycles. The van der Waals surface area contributed by atoms with Crippen molar-refractivity contribution in [2.75, 3.05) is 33.4 Å². The summed E-state index contributed by atoms with van der Waals surface area (Å²) in [4.78, 5) is 0. The zero-order valence-corrected chi connectivity index (χ0v) is 16.2. The zero-order chi connectivity index (χ0) is 20.1. The van der Waals surface area contributed by atoms with Crippen LogP contribution in [0, 0.1) is 11.8 Å². The van der Waals surface area contributed by atoms with Gasteiger partial charge in [0.15, 0.2) is 29.3 Å². The second-order valence-corrected chi connectivity index (χ2v) is 7.74. The van der Waals surface area contributed by atoms with Crippen molar-refractivity contribution >= 4 is 0 Å². The largest absolute Gasteiger partial charge is 0.454 e. The lowest BCUT2D eigenvalue weighted by Gasteiger charge is -2.23. The van der Waals surface area contributed by atoms with Crippen LogP contribution in [0.4, 0.5) is 0 Å². The third kappa shape index (κ3) is 2.91. The molecule has 2 aromatic rings. The fourth-order valence-corrected chi connectivity index (χ4v) is 4.78. The van der Waals surface area contributed by atoms with Gasteiger partial charge in [0.1, 0.15) is 0 Å². The number of benzene rings is 2. The standard InChI is InChI=1S/C22H22O8/c23-5-6-24-22-19-14(20(30-22)12-1-3-15-17(7-12)28-10-26-15)9-25-21(19)13-2-4-16-18(8-13)29-11-27-16/h1-4,7-8,14,19-23H,5-6,9-11H2/t14-,19-,20-,21-,22+/m0/s1. The summed E-state index contributed by atoms with van der Waals surface area (Å²) in [6, 6.07) is 11.7. The predicted molar refractivity (Wildman–Crippen MR) is 101 cm³/mol. The normalized spacial score (nSPS) is 30.6. The lowest BCUT2D eigenvalue weighted by atomic mass is 9.84. The van der Waals surface area contributed by atoms with Gasteiger partial charge in [-0.25, -0.2) is 0 Å². The molecule has 0 amide bonds. The van der Waals surface area contributed by atoms with E-state index in [0.717, 1.165) is 34.1 Å². The summed E-state index contributed by atoms with van der Waals surface area (Å²) in [6.07, 6.45) is -0.894. The zero-order valence-electron chi connectivity index (χ0n) is 16.2. The van der Waals surface area contributed by atoms with Crippen molar-refractivity contribution in [3.8, 4) is 23.0 Å². The summed E-state index contributed by atoms with van der Waals surface area (Å²) in [5.41, 5.74) is 2.00. The molecule has 8 heteroatoms. The Morgan fingerprint density at radius 1 is 0.833 bits per heavy atom. The van der Waals surface area contributed by atoms with Gasteiger partial charge in [-0.3, -0.25) is 0 Å². The quantitative estimate of drug-likeness (QED) is 0.799. The summed E-state index contributed by atoms with van der Waals surface area (Å²) >= 11 is 0. The molecule has 0 aromatic heterocycles. The molecule has 0 bridgehead atoms. The second kappa shape index (κ2) is 7.31. The van der Waals surface area contributed by atoms with E-state index in [9.17, 15) is 5.11 Å². The van der Waals surface area contributed by atoms with E-state index in [-0.39, 0.29) is 50.8 Å². The van der Waals surface area contributed by atoms with Gasteiger partial charge in [0.2, 0.25) is 13.6 Å². The molecule has 0 unspecified atom stereocenters. The number of ether oxygens (including phenoxy) is 7. The van der Waals surface area contributed by atoms with Crippen molar-refractivity contribution in [1.29, 1.82) is 0 Å². The Hall–Kier alpha value is -2.52. The van der Waals surface area contributed by atoms with E-state index in [1.54, 1.807) is 0 Å². The van der Waals surface area contributed by atoms with Gasteiger partial charge >= 0.3 is 0 Å². The van der Waals surface area contributed by atoms with Gasteiger partial charge in [-0.05, 0) is 35.4 Å². The molecule has 4 aliphatic rings. The van der Waals surface area contributed by atoms with E-state index in [4.69, 9.17) is 33.2 Å². The molecule has 158 valence electrons. The SMILES string of the molecule is OCCO[C@@H]1O[C@@H](c2ccc3c(c2)OCO3)[C@H]2CO[C@@H](c3ccc4c(c3)OCO4)[C@@H]12. The van der Waals surface area contributed by atoms with Crippen molar-refractivity contribution in [3.63, 3.8) is 0 Å². The molecule has 2 saturated heterocycles. The summed E-state index contributed by atoms with van der Waals surface area (Å²) in [7, 11) is 0. The maximum Gasteiger partial charge on any atom is 0.231 e. The van der Waals surface area contributed by atoms with Crippen LogP contribution in [0.2, 0.25) is 0 Å². The molecule has 2 aromatic carbocycles. The molecule has 8 nitrogen and oxygen atoms in total. The molecular formula is C22H22O8.